The van der Waals surface area contributed by atoms with Gasteiger partial charge in [0.15, 0.2) is 0 Å². The predicted octanol–water partition coefficient (Wildman–Crippen LogP) is 14.3. The van der Waals surface area contributed by atoms with Gasteiger partial charge in [-0.1, -0.05) is 155 Å². The van der Waals surface area contributed by atoms with Gasteiger partial charge in [0.2, 0.25) is 0 Å². The molecule has 51 heavy (non-hydrogen) atoms. The van der Waals surface area contributed by atoms with Crippen molar-refractivity contribution in [1.82, 2.24) is 19.9 Å². The molecule has 0 aliphatic rings. The third-order valence-corrected chi connectivity index (χ3v) is 6.52. The summed E-state index contributed by atoms with van der Waals surface area (Å²) in [6.45, 7) is 20.3. The highest BCUT2D eigenvalue weighted by Crippen LogP contribution is 2.24. The molecule has 0 spiro atoms. The Kier molecular flexibility index (Phi) is 29.6. The maximum atomic E-state index is 7.00. The van der Waals surface area contributed by atoms with Crippen molar-refractivity contribution in [3.05, 3.63) is 135 Å². The van der Waals surface area contributed by atoms with E-state index in [9.17, 15) is 0 Å². The zero-order chi connectivity index (χ0) is 38.9. The fourth-order valence-electron chi connectivity index (χ4n) is 4.48. The monoisotopic (exact) mass is 693 g/mol. The third kappa shape index (κ3) is 17.1. The summed E-state index contributed by atoms with van der Waals surface area (Å²) in [5.41, 5.74) is 21.5. The number of benzene rings is 4. The van der Waals surface area contributed by atoms with Crippen LogP contribution in [0.4, 0.5) is 0 Å². The van der Waals surface area contributed by atoms with Gasteiger partial charge in [-0.3, -0.25) is 0 Å². The van der Waals surface area contributed by atoms with Gasteiger partial charge in [-0.15, -0.1) is 5.53 Å². The summed E-state index contributed by atoms with van der Waals surface area (Å²) in [4.78, 5) is 31.7. The molecule has 6 rings (SSSR count). The van der Waals surface area contributed by atoms with E-state index in [1.54, 1.807) is 4.91 Å². The summed E-state index contributed by atoms with van der Waals surface area (Å²) in [6.07, 6.45) is 8.58. The van der Waals surface area contributed by atoms with Gasteiger partial charge in [-0.05, 0) is 75.9 Å². The molecule has 0 aliphatic heterocycles. The van der Waals surface area contributed by atoms with Crippen molar-refractivity contribution < 1.29 is 0 Å². The molecule has 4 aromatic carbocycles. The Morgan fingerprint density at radius 2 is 1.08 bits per heavy atom. The number of fused-ring (bicyclic) bond motifs is 2. The van der Waals surface area contributed by atoms with Gasteiger partial charge in [0.1, 0.15) is 11.6 Å². The topological polar surface area (TPSA) is 152 Å². The van der Waals surface area contributed by atoms with E-state index in [0.717, 1.165) is 46.6 Å². The average Bonchev–Trinajstić information content (AvgIpc) is 3.84. The number of nitrogens with zero attached hydrogens (tertiary/aromatic N) is 4. The molecule has 0 unspecified atom stereocenters. The number of hydrogen-bond donors (Lipinski definition) is 3. The Morgan fingerprint density at radius 3 is 1.51 bits per heavy atom. The lowest BCUT2D eigenvalue weighted by Crippen LogP contribution is -1.86. The fourth-order valence-corrected chi connectivity index (χ4v) is 4.48. The van der Waals surface area contributed by atoms with Gasteiger partial charge in [0.05, 0.1) is 22.1 Å². The molecule has 9 nitrogen and oxygen atoms in total. The van der Waals surface area contributed by atoms with Gasteiger partial charge in [0.25, 0.3) is 0 Å². The first kappa shape index (κ1) is 47.6. The highest BCUT2D eigenvalue weighted by molar-refractivity contribution is 5.83. The molecular formula is C42H59N7O2. The molecule has 9 heteroatoms. The Hall–Kier alpha value is -5.53. The predicted molar refractivity (Wildman–Crippen MR) is 223 cm³/mol. The van der Waals surface area contributed by atoms with E-state index in [1.165, 1.54) is 35.1 Å². The van der Waals surface area contributed by atoms with E-state index in [0.29, 0.717) is 0 Å². The summed E-state index contributed by atoms with van der Waals surface area (Å²) < 4.78 is 0. The molecule has 0 aliphatic carbocycles. The Balaban J connectivity index is 0. The van der Waals surface area contributed by atoms with Crippen LogP contribution in [0.5, 0.6) is 0 Å². The quantitative estimate of drug-likeness (QED) is 0.0865. The van der Waals surface area contributed by atoms with Crippen molar-refractivity contribution in [2.75, 3.05) is 0 Å². The summed E-state index contributed by atoms with van der Waals surface area (Å²) in [5, 5.41) is 0. The van der Waals surface area contributed by atoms with Crippen LogP contribution in [0.25, 0.3) is 60.8 Å². The van der Waals surface area contributed by atoms with Crippen LogP contribution in [0.2, 0.25) is 0 Å². The van der Waals surface area contributed by atoms with Crippen LogP contribution >= 0.6 is 0 Å². The number of imidazole rings is 2. The van der Waals surface area contributed by atoms with Crippen LogP contribution in [-0.2, 0) is 6.42 Å². The fraction of sp³-hybridized carbons (Fsp3) is 0.333. The lowest BCUT2D eigenvalue weighted by atomic mass is 10.1. The van der Waals surface area contributed by atoms with Crippen LogP contribution in [0.15, 0.2) is 103 Å². The molecule has 0 saturated heterocycles. The second kappa shape index (κ2) is 31.7. The first-order chi connectivity index (χ1) is 25.1. The second-order valence-corrected chi connectivity index (χ2v) is 9.52. The van der Waals surface area contributed by atoms with Gasteiger partial charge < -0.3 is 9.97 Å². The van der Waals surface area contributed by atoms with E-state index in [-0.39, 0.29) is 0 Å². The van der Waals surface area contributed by atoms with Crippen LogP contribution in [0.3, 0.4) is 0 Å². The third-order valence-electron chi connectivity index (χ3n) is 6.52. The number of H-pyrrole nitrogens is 2. The molecule has 2 heterocycles. The molecule has 2 aromatic heterocycles. The van der Waals surface area contributed by atoms with Crippen LogP contribution < -0.4 is 0 Å². The Morgan fingerprint density at radius 1 is 0.647 bits per heavy atom. The zero-order valence-corrected chi connectivity index (χ0v) is 32.3. The molecule has 0 amide bonds. The molecule has 0 atom stereocenters. The number of nitrogens with one attached hydrogen (secondary N) is 3. The molecule has 3 N–H and O–H groups in total. The summed E-state index contributed by atoms with van der Waals surface area (Å²) in [7, 11) is 0. The smallest absolute Gasteiger partial charge is 0.130 e. The van der Waals surface area contributed by atoms with Gasteiger partial charge in [0, 0.05) is 16.4 Å². The maximum Gasteiger partial charge on any atom is 0.130 e. The molecule has 274 valence electrons. The highest BCUT2D eigenvalue weighted by atomic mass is 16.7. The van der Waals surface area contributed by atoms with Crippen LogP contribution in [-0.4, -0.2) is 19.9 Å². The van der Waals surface area contributed by atoms with Crippen molar-refractivity contribution >= 4 is 28.1 Å². The second-order valence-electron chi connectivity index (χ2n) is 9.52. The largest absolute Gasteiger partial charge is 0.342 e. The van der Waals surface area contributed by atoms with Crippen LogP contribution in [0.1, 0.15) is 100 Å². The van der Waals surface area contributed by atoms with Crippen molar-refractivity contribution in [1.29, 1.82) is 5.53 Å². The number of rotatable bonds is 7. The molecule has 6 aromatic rings. The average molecular weight is 694 g/mol. The SMILES string of the molecule is CC.CC.CC.CC.CC/C=C/c1nc2ccc(-c3ccccc3)cc2[nH]1.CCCCc1nc2ccc(-c3ccccc3)cc2[nH]1.O=O.[N-]=[N+]=N. The summed E-state index contributed by atoms with van der Waals surface area (Å²) in [5.74, 6) is 2.02. The number of unbranched alkanes of at least 4 members (excludes halogenated alkanes) is 1. The zero-order valence-electron chi connectivity index (χ0n) is 32.3. The number of hydrogen-bond acceptors (Lipinski definition) is 5. The van der Waals surface area contributed by atoms with Crippen LogP contribution in [0, 0.1) is 15.5 Å². The van der Waals surface area contributed by atoms with E-state index in [2.05, 4.69) is 125 Å². The maximum absolute atomic E-state index is 7.00. The lowest BCUT2D eigenvalue weighted by molar-refractivity contribution is 0.765. The number of aromatic amines is 2. The molecule has 0 saturated carbocycles. The van der Waals surface area contributed by atoms with Crippen molar-refractivity contribution in [2.24, 2.45) is 0 Å². The minimum Gasteiger partial charge on any atom is -0.342 e. The van der Waals surface area contributed by atoms with Crippen molar-refractivity contribution in [2.45, 2.75) is 94.9 Å². The lowest BCUT2D eigenvalue weighted by Gasteiger charge is -2.00. The normalized spacial score (nSPS) is 9.06. The number of allylic oxidation sites excluding steroid dienone is 1. The minimum atomic E-state index is 0.919. The van der Waals surface area contributed by atoms with Gasteiger partial charge in [-0.2, -0.15) is 0 Å². The van der Waals surface area contributed by atoms with E-state index >= 15 is 0 Å². The molecular weight excluding hydrogens is 635 g/mol. The first-order valence-corrected chi connectivity index (χ1v) is 18.1. The molecule has 0 radical (unpaired) electrons. The number of aromatic nitrogens is 4. The van der Waals surface area contributed by atoms with Gasteiger partial charge in [-0.25, -0.2) is 9.97 Å². The Labute approximate surface area is 305 Å². The standard InChI is InChI=1S/C17H18N2.C17H16N2.4C2H6.HN3.O2/c2*1-2-3-9-17-18-15-11-10-14(12-16(15)19-17)13-7-5-4-6-8-13;4*1-2;1-3-2;1-2/h4-8,10-12H,2-3,9H2,1H3,(H,18,19);3-12H,2H2,1H3,(H,18,19);4*1-2H3;1H;/b;9-3+;;;;;;. The van der Waals surface area contributed by atoms with E-state index < -0.39 is 0 Å². The number of aryl methyl sites for hydroxylation is 1. The molecule has 0 fully saturated rings. The first-order valence-electron chi connectivity index (χ1n) is 18.1. The highest BCUT2D eigenvalue weighted by Gasteiger charge is 2.05. The van der Waals surface area contributed by atoms with Gasteiger partial charge >= 0.3 is 0 Å². The molecule has 0 bridgehead atoms. The van der Waals surface area contributed by atoms with Crippen molar-refractivity contribution in [3.8, 4) is 22.3 Å². The van der Waals surface area contributed by atoms with E-state index in [4.69, 9.17) is 21.0 Å². The Bertz CT molecular complexity index is 1760. The summed E-state index contributed by atoms with van der Waals surface area (Å²) >= 11 is 0. The van der Waals surface area contributed by atoms with E-state index in [1.807, 2.05) is 73.6 Å². The van der Waals surface area contributed by atoms with Crippen molar-refractivity contribution in [3.63, 3.8) is 0 Å². The minimum absolute atomic E-state index is 0.919. The summed E-state index contributed by atoms with van der Waals surface area (Å²) in [6, 6.07) is 33.6.